The molecule has 124 valence electrons. The minimum atomic E-state index is -3.55. The number of benzene rings is 1. The summed E-state index contributed by atoms with van der Waals surface area (Å²) in [7, 11) is -3.55. The summed E-state index contributed by atoms with van der Waals surface area (Å²) in [5, 5.41) is 0.823. The normalized spacial score (nSPS) is 16.7. The van der Waals surface area contributed by atoms with Crippen LogP contribution in [0.1, 0.15) is 6.42 Å². The molecular weight excluding hydrogens is 314 g/mol. The van der Waals surface area contributed by atoms with Crippen molar-refractivity contribution in [3.05, 3.63) is 36.5 Å². The van der Waals surface area contributed by atoms with Crippen molar-refractivity contribution in [1.82, 2.24) is 14.6 Å². The Balaban J connectivity index is 1.62. The van der Waals surface area contributed by atoms with Crippen molar-refractivity contribution in [1.29, 1.82) is 0 Å². The fourth-order valence-corrected chi connectivity index (χ4v) is 3.96. The van der Waals surface area contributed by atoms with E-state index in [4.69, 9.17) is 4.74 Å². The third-order valence-corrected chi connectivity index (χ3v) is 5.42. The summed E-state index contributed by atoms with van der Waals surface area (Å²) < 4.78 is 33.0. The molecule has 0 radical (unpaired) electrons. The highest BCUT2D eigenvalue weighted by atomic mass is 32.2. The average Bonchev–Trinajstić information content (AvgIpc) is 2.59. The highest BCUT2D eigenvalue weighted by Gasteiger charge is 2.17. The third kappa shape index (κ3) is 4.06. The molecule has 7 heteroatoms. The second-order valence-electron chi connectivity index (χ2n) is 5.54. The van der Waals surface area contributed by atoms with Crippen LogP contribution in [0.2, 0.25) is 0 Å². The highest BCUT2D eigenvalue weighted by molar-refractivity contribution is 7.89. The van der Waals surface area contributed by atoms with Gasteiger partial charge >= 0.3 is 0 Å². The largest absolute Gasteiger partial charge is 0.379 e. The first-order valence-corrected chi connectivity index (χ1v) is 9.29. The van der Waals surface area contributed by atoms with Gasteiger partial charge in [0, 0.05) is 31.2 Å². The number of pyridine rings is 1. The van der Waals surface area contributed by atoms with E-state index in [1.165, 1.54) is 0 Å². The van der Waals surface area contributed by atoms with Crippen molar-refractivity contribution in [3.8, 4) is 0 Å². The maximum atomic E-state index is 12.5. The fourth-order valence-electron chi connectivity index (χ4n) is 2.70. The van der Waals surface area contributed by atoms with E-state index >= 15 is 0 Å². The zero-order chi connectivity index (χ0) is 16.1. The van der Waals surface area contributed by atoms with Gasteiger partial charge in [-0.3, -0.25) is 9.88 Å². The van der Waals surface area contributed by atoms with Crippen molar-refractivity contribution < 1.29 is 13.2 Å². The van der Waals surface area contributed by atoms with Crippen LogP contribution >= 0.6 is 0 Å². The van der Waals surface area contributed by atoms with Crippen LogP contribution < -0.4 is 4.72 Å². The van der Waals surface area contributed by atoms with Gasteiger partial charge in [-0.25, -0.2) is 13.1 Å². The van der Waals surface area contributed by atoms with Crippen LogP contribution in [-0.4, -0.2) is 57.7 Å². The number of nitrogens with one attached hydrogen (secondary N) is 1. The minimum Gasteiger partial charge on any atom is -0.379 e. The Morgan fingerprint density at radius 1 is 1.17 bits per heavy atom. The molecule has 3 rings (SSSR count). The van der Waals surface area contributed by atoms with Gasteiger partial charge in [0.25, 0.3) is 0 Å². The molecule has 23 heavy (non-hydrogen) atoms. The Morgan fingerprint density at radius 3 is 2.78 bits per heavy atom. The van der Waals surface area contributed by atoms with E-state index in [-0.39, 0.29) is 4.90 Å². The van der Waals surface area contributed by atoms with E-state index in [9.17, 15) is 8.42 Å². The Labute approximate surface area is 136 Å². The number of rotatable bonds is 6. The number of sulfonamides is 1. The lowest BCUT2D eigenvalue weighted by Crippen LogP contribution is -2.38. The molecule has 6 nitrogen and oxygen atoms in total. The van der Waals surface area contributed by atoms with Crippen LogP contribution in [0.4, 0.5) is 0 Å². The van der Waals surface area contributed by atoms with E-state index in [2.05, 4.69) is 14.6 Å². The van der Waals surface area contributed by atoms with Crippen LogP contribution in [0, 0.1) is 0 Å². The molecule has 0 unspecified atom stereocenters. The van der Waals surface area contributed by atoms with E-state index in [1.54, 1.807) is 24.4 Å². The van der Waals surface area contributed by atoms with Crippen LogP contribution in [0.25, 0.3) is 10.9 Å². The van der Waals surface area contributed by atoms with Crippen LogP contribution in [-0.2, 0) is 14.8 Å². The first-order chi connectivity index (χ1) is 11.2. The lowest BCUT2D eigenvalue weighted by molar-refractivity contribution is 0.0376. The van der Waals surface area contributed by atoms with Gasteiger partial charge in [0.1, 0.15) is 4.90 Å². The van der Waals surface area contributed by atoms with Crippen molar-refractivity contribution in [2.75, 3.05) is 39.4 Å². The predicted octanol–water partition coefficient (Wildman–Crippen LogP) is 1.24. The average molecular weight is 335 g/mol. The number of fused-ring (bicyclic) bond motifs is 1. The van der Waals surface area contributed by atoms with Gasteiger partial charge in [-0.2, -0.15) is 0 Å². The van der Waals surface area contributed by atoms with Crippen LogP contribution in [0.5, 0.6) is 0 Å². The molecule has 2 heterocycles. The van der Waals surface area contributed by atoms with Crippen molar-refractivity contribution in [3.63, 3.8) is 0 Å². The molecule has 1 aromatic carbocycles. The third-order valence-electron chi connectivity index (χ3n) is 3.93. The topological polar surface area (TPSA) is 71.5 Å². The smallest absolute Gasteiger partial charge is 0.242 e. The van der Waals surface area contributed by atoms with Crippen molar-refractivity contribution >= 4 is 20.9 Å². The summed E-state index contributed by atoms with van der Waals surface area (Å²) in [5.74, 6) is 0. The number of ether oxygens (including phenoxy) is 1. The molecule has 1 aliphatic heterocycles. The summed E-state index contributed by atoms with van der Waals surface area (Å²) >= 11 is 0. The maximum absolute atomic E-state index is 12.5. The van der Waals surface area contributed by atoms with Gasteiger partial charge in [0.15, 0.2) is 0 Å². The summed E-state index contributed by atoms with van der Waals surface area (Å²) in [6.45, 7) is 4.64. The lowest BCUT2D eigenvalue weighted by atomic mass is 10.2. The number of nitrogens with zero attached hydrogens (tertiary/aromatic N) is 2. The van der Waals surface area contributed by atoms with Gasteiger partial charge < -0.3 is 4.74 Å². The van der Waals surface area contributed by atoms with E-state index in [0.29, 0.717) is 12.1 Å². The predicted molar refractivity (Wildman–Crippen MR) is 88.8 cm³/mol. The molecule has 1 aliphatic rings. The van der Waals surface area contributed by atoms with E-state index in [0.717, 1.165) is 44.7 Å². The summed E-state index contributed by atoms with van der Waals surface area (Å²) in [6.07, 6.45) is 2.39. The molecule has 1 fully saturated rings. The number of hydrogen-bond acceptors (Lipinski definition) is 5. The molecule has 0 spiro atoms. The number of morpholine rings is 1. The second kappa shape index (κ2) is 7.35. The number of para-hydroxylation sites is 1. The highest BCUT2D eigenvalue weighted by Crippen LogP contribution is 2.20. The lowest BCUT2D eigenvalue weighted by Gasteiger charge is -2.26. The molecule has 0 aliphatic carbocycles. The Bertz CT molecular complexity index is 753. The van der Waals surface area contributed by atoms with Crippen LogP contribution in [0.15, 0.2) is 41.4 Å². The van der Waals surface area contributed by atoms with Gasteiger partial charge in [-0.15, -0.1) is 0 Å². The molecule has 1 N–H and O–H groups in total. The Kier molecular flexibility index (Phi) is 5.22. The van der Waals surface area contributed by atoms with Gasteiger partial charge in [0.2, 0.25) is 10.0 Å². The van der Waals surface area contributed by atoms with E-state index < -0.39 is 10.0 Å². The first-order valence-electron chi connectivity index (χ1n) is 7.80. The number of hydrogen-bond donors (Lipinski definition) is 1. The number of aromatic nitrogens is 1. The molecular formula is C16H21N3O3S. The van der Waals surface area contributed by atoms with Crippen molar-refractivity contribution in [2.24, 2.45) is 0 Å². The quantitative estimate of drug-likeness (QED) is 0.804. The summed E-state index contributed by atoms with van der Waals surface area (Å²) in [4.78, 5) is 6.73. The Morgan fingerprint density at radius 2 is 1.96 bits per heavy atom. The molecule has 0 atom stereocenters. The van der Waals surface area contributed by atoms with E-state index in [1.807, 2.05) is 12.1 Å². The van der Waals surface area contributed by atoms with Crippen molar-refractivity contribution in [2.45, 2.75) is 11.3 Å². The molecule has 0 amide bonds. The molecule has 0 bridgehead atoms. The monoisotopic (exact) mass is 335 g/mol. The van der Waals surface area contributed by atoms with Gasteiger partial charge in [0.05, 0.1) is 18.7 Å². The molecule has 1 aromatic heterocycles. The van der Waals surface area contributed by atoms with Crippen LogP contribution in [0.3, 0.4) is 0 Å². The zero-order valence-corrected chi connectivity index (χ0v) is 13.8. The fraction of sp³-hybridized carbons (Fsp3) is 0.438. The molecule has 0 saturated carbocycles. The first kappa shape index (κ1) is 16.3. The van der Waals surface area contributed by atoms with Gasteiger partial charge in [-0.05, 0) is 25.1 Å². The standard InChI is InChI=1S/C16H21N3O3S/c20-23(21,18-8-3-9-19-10-12-22-13-11-19)15-6-1-4-14-5-2-7-17-16(14)15/h1-2,4-7,18H,3,8-13H2. The maximum Gasteiger partial charge on any atom is 0.242 e. The molecule has 1 saturated heterocycles. The minimum absolute atomic E-state index is 0.238. The summed E-state index contributed by atoms with van der Waals surface area (Å²) in [5.41, 5.74) is 0.510. The van der Waals surface area contributed by atoms with Gasteiger partial charge in [-0.1, -0.05) is 18.2 Å². The second-order valence-corrected chi connectivity index (χ2v) is 7.27. The zero-order valence-electron chi connectivity index (χ0n) is 12.9. The molecule has 2 aromatic rings. The Hall–Kier alpha value is -1.54. The SMILES string of the molecule is O=S(=O)(NCCCN1CCOCC1)c1cccc2cccnc12. The summed E-state index contributed by atoms with van der Waals surface area (Å²) in [6, 6.07) is 8.86.